The number of nitrogens with zero attached hydrogens (tertiary/aromatic N) is 3. The van der Waals surface area contributed by atoms with Gasteiger partial charge in [0.25, 0.3) is 5.69 Å². The van der Waals surface area contributed by atoms with Gasteiger partial charge in [0.05, 0.1) is 9.82 Å². The van der Waals surface area contributed by atoms with Gasteiger partial charge in [0.2, 0.25) is 0 Å². The van der Waals surface area contributed by atoms with Crippen molar-refractivity contribution in [2.45, 2.75) is 37.5 Å². The second-order valence-corrected chi connectivity index (χ2v) is 10.1. The van der Waals surface area contributed by atoms with E-state index in [0.717, 1.165) is 57.7 Å². The largest absolute Gasteiger partial charge is 0.366 e. The lowest BCUT2D eigenvalue weighted by molar-refractivity contribution is -0.384. The lowest BCUT2D eigenvalue weighted by atomic mass is 9.94. The molecule has 0 N–H and O–H groups in total. The average molecular weight is 396 g/mol. The van der Waals surface area contributed by atoms with Crippen LogP contribution in [-0.2, 0) is 9.84 Å². The Labute approximate surface area is 161 Å². The van der Waals surface area contributed by atoms with Gasteiger partial charge in [0, 0.05) is 32.0 Å². The number of sulfone groups is 1. The van der Waals surface area contributed by atoms with Crippen molar-refractivity contribution in [3.05, 3.63) is 28.3 Å². The molecule has 1 aromatic carbocycles. The Morgan fingerprint density at radius 1 is 1.19 bits per heavy atom. The van der Waals surface area contributed by atoms with Crippen molar-refractivity contribution in [3.8, 4) is 0 Å². The zero-order valence-electron chi connectivity index (χ0n) is 16.1. The minimum absolute atomic E-state index is 0.00561. The van der Waals surface area contributed by atoms with Crippen LogP contribution in [0.1, 0.15) is 32.6 Å². The third-order valence-corrected chi connectivity index (χ3v) is 6.93. The summed E-state index contributed by atoms with van der Waals surface area (Å²) in [5.74, 6) is 1.29. The summed E-state index contributed by atoms with van der Waals surface area (Å²) < 4.78 is 23.5. The zero-order chi connectivity index (χ0) is 19.6. The number of piperidine rings is 2. The summed E-state index contributed by atoms with van der Waals surface area (Å²) in [6.07, 6.45) is 5.70. The fourth-order valence-electron chi connectivity index (χ4n) is 4.19. The maximum atomic E-state index is 11.8. The first-order chi connectivity index (χ1) is 12.7. The minimum atomic E-state index is -3.47. The van der Waals surface area contributed by atoms with Gasteiger partial charge in [-0.15, -0.1) is 0 Å². The van der Waals surface area contributed by atoms with Crippen LogP contribution in [0, 0.1) is 22.0 Å². The Kier molecular flexibility index (Phi) is 6.05. The van der Waals surface area contributed by atoms with Crippen LogP contribution in [0.2, 0.25) is 0 Å². The molecule has 2 heterocycles. The highest BCUT2D eigenvalue weighted by molar-refractivity contribution is 7.90. The number of rotatable bonds is 5. The van der Waals surface area contributed by atoms with Gasteiger partial charge in [-0.3, -0.25) is 10.1 Å². The summed E-state index contributed by atoms with van der Waals surface area (Å²) in [4.78, 5) is 15.7. The van der Waals surface area contributed by atoms with E-state index in [1.165, 1.54) is 25.0 Å². The highest BCUT2D eigenvalue weighted by Crippen LogP contribution is 2.34. The lowest BCUT2D eigenvalue weighted by Gasteiger charge is -2.38. The van der Waals surface area contributed by atoms with E-state index in [1.54, 1.807) is 6.07 Å². The van der Waals surface area contributed by atoms with E-state index in [4.69, 9.17) is 0 Å². The van der Waals surface area contributed by atoms with Crippen LogP contribution in [0.5, 0.6) is 0 Å². The van der Waals surface area contributed by atoms with Crippen LogP contribution < -0.4 is 4.90 Å². The molecule has 7 nitrogen and oxygen atoms in total. The number of nitro benzene ring substituents is 1. The number of likely N-dealkylation sites (tertiary alicyclic amines) is 1. The second kappa shape index (κ2) is 8.14. The molecule has 0 aliphatic carbocycles. The predicted octanol–water partition coefficient (Wildman–Crippen LogP) is 2.95. The number of anilines is 1. The van der Waals surface area contributed by atoms with Crippen molar-refractivity contribution in [3.63, 3.8) is 0 Å². The number of benzene rings is 1. The van der Waals surface area contributed by atoms with E-state index in [-0.39, 0.29) is 10.6 Å². The van der Waals surface area contributed by atoms with Gasteiger partial charge >= 0.3 is 0 Å². The summed E-state index contributed by atoms with van der Waals surface area (Å²) in [7, 11) is -3.47. The Balaban J connectivity index is 1.74. The Hall–Kier alpha value is -1.67. The van der Waals surface area contributed by atoms with E-state index in [9.17, 15) is 18.5 Å². The van der Waals surface area contributed by atoms with Crippen molar-refractivity contribution in [1.29, 1.82) is 0 Å². The van der Waals surface area contributed by atoms with Crippen molar-refractivity contribution < 1.29 is 13.3 Å². The van der Waals surface area contributed by atoms with Crippen LogP contribution in [0.25, 0.3) is 0 Å². The Morgan fingerprint density at radius 3 is 2.52 bits per heavy atom. The molecule has 0 bridgehead atoms. The molecule has 150 valence electrons. The number of hydrogen-bond donors (Lipinski definition) is 0. The highest BCUT2D eigenvalue weighted by atomic mass is 32.2. The van der Waals surface area contributed by atoms with Crippen LogP contribution in [-0.4, -0.2) is 57.2 Å². The molecule has 1 aromatic rings. The van der Waals surface area contributed by atoms with Gasteiger partial charge < -0.3 is 9.80 Å². The van der Waals surface area contributed by atoms with Gasteiger partial charge in [0.15, 0.2) is 9.84 Å². The molecule has 0 saturated carbocycles. The monoisotopic (exact) mass is 395 g/mol. The van der Waals surface area contributed by atoms with Gasteiger partial charge in [-0.05, 0) is 62.7 Å². The van der Waals surface area contributed by atoms with Crippen molar-refractivity contribution in [2.24, 2.45) is 11.8 Å². The molecule has 1 atom stereocenters. The molecular formula is C19H29N3O4S. The van der Waals surface area contributed by atoms with Crippen LogP contribution in [0.3, 0.4) is 0 Å². The first kappa shape index (κ1) is 20.1. The van der Waals surface area contributed by atoms with Crippen LogP contribution in [0.15, 0.2) is 23.1 Å². The first-order valence-electron chi connectivity index (χ1n) is 9.70. The third-order valence-electron chi connectivity index (χ3n) is 5.82. The van der Waals surface area contributed by atoms with E-state index < -0.39 is 14.8 Å². The SMILES string of the molecule is CC1CCN(CC2CCCN(c3ccc(S(C)(=O)=O)cc3[N+](=O)[O-])C2)CC1. The Bertz CT molecular complexity index is 788. The van der Waals surface area contributed by atoms with Gasteiger partial charge in [-0.2, -0.15) is 0 Å². The summed E-state index contributed by atoms with van der Waals surface area (Å²) in [5.41, 5.74) is 0.412. The molecule has 2 aliphatic heterocycles. The molecule has 0 spiro atoms. The van der Waals surface area contributed by atoms with Crippen molar-refractivity contribution >= 4 is 21.2 Å². The quantitative estimate of drug-likeness (QED) is 0.563. The molecule has 2 aliphatic rings. The third kappa shape index (κ3) is 4.99. The molecular weight excluding hydrogens is 366 g/mol. The van der Waals surface area contributed by atoms with E-state index in [1.807, 2.05) is 0 Å². The summed E-state index contributed by atoms with van der Waals surface area (Å²) in [5, 5.41) is 11.5. The normalized spacial score (nSPS) is 22.7. The fraction of sp³-hybridized carbons (Fsp3) is 0.684. The molecule has 0 amide bonds. The smallest absolute Gasteiger partial charge is 0.293 e. The summed E-state index contributed by atoms with van der Waals surface area (Å²) >= 11 is 0. The molecule has 2 fully saturated rings. The van der Waals surface area contributed by atoms with E-state index in [0.29, 0.717) is 11.6 Å². The van der Waals surface area contributed by atoms with E-state index >= 15 is 0 Å². The molecule has 0 aromatic heterocycles. The average Bonchev–Trinajstić information content (AvgIpc) is 2.62. The van der Waals surface area contributed by atoms with Crippen molar-refractivity contribution in [2.75, 3.05) is 43.9 Å². The van der Waals surface area contributed by atoms with Crippen LogP contribution >= 0.6 is 0 Å². The van der Waals surface area contributed by atoms with E-state index in [2.05, 4.69) is 16.7 Å². The van der Waals surface area contributed by atoms with Gasteiger partial charge in [-0.1, -0.05) is 6.92 Å². The maximum Gasteiger partial charge on any atom is 0.293 e. The standard InChI is InChI=1S/C19H29N3O4S/c1-15-7-10-20(11-8-15)13-16-4-3-9-21(14-16)18-6-5-17(27(2,25)26)12-19(18)22(23)24/h5-6,12,15-16H,3-4,7-11,13-14H2,1-2H3. The second-order valence-electron chi connectivity index (χ2n) is 8.12. The molecule has 8 heteroatoms. The topological polar surface area (TPSA) is 83.8 Å². The summed E-state index contributed by atoms with van der Waals surface area (Å²) in [6, 6.07) is 4.27. The lowest BCUT2D eigenvalue weighted by Crippen LogP contribution is -2.43. The molecule has 3 rings (SSSR count). The molecule has 27 heavy (non-hydrogen) atoms. The molecule has 1 unspecified atom stereocenters. The molecule has 0 radical (unpaired) electrons. The van der Waals surface area contributed by atoms with Gasteiger partial charge in [-0.25, -0.2) is 8.42 Å². The van der Waals surface area contributed by atoms with Crippen molar-refractivity contribution in [1.82, 2.24) is 4.90 Å². The molecule has 2 saturated heterocycles. The highest BCUT2D eigenvalue weighted by Gasteiger charge is 2.28. The summed E-state index contributed by atoms with van der Waals surface area (Å²) in [6.45, 7) is 7.18. The first-order valence-corrected chi connectivity index (χ1v) is 11.6. The van der Waals surface area contributed by atoms with Crippen LogP contribution in [0.4, 0.5) is 11.4 Å². The zero-order valence-corrected chi connectivity index (χ0v) is 17.0. The van der Waals surface area contributed by atoms with Gasteiger partial charge in [0.1, 0.15) is 5.69 Å². The minimum Gasteiger partial charge on any atom is -0.366 e. The predicted molar refractivity (Wildman–Crippen MR) is 106 cm³/mol. The number of hydrogen-bond acceptors (Lipinski definition) is 6. The number of nitro groups is 1. The Morgan fingerprint density at radius 2 is 1.89 bits per heavy atom. The maximum absolute atomic E-state index is 11.8. The fourth-order valence-corrected chi connectivity index (χ4v) is 4.83.